The van der Waals surface area contributed by atoms with Crippen LogP contribution in [0.25, 0.3) is 0 Å². The van der Waals surface area contributed by atoms with Gasteiger partial charge in [-0.05, 0) is 12.8 Å². The summed E-state index contributed by atoms with van der Waals surface area (Å²) in [6.07, 6.45) is -3.31. The zero-order valence-corrected chi connectivity index (χ0v) is 34.5. The number of aliphatic hydroxyl groups excluding tert-OH is 12. The molecule has 59 heavy (non-hydrogen) atoms. The van der Waals surface area contributed by atoms with Gasteiger partial charge in [-0.25, -0.2) is 0 Å². The van der Waals surface area contributed by atoms with Crippen LogP contribution in [0.15, 0.2) is 30.3 Å². The summed E-state index contributed by atoms with van der Waals surface area (Å²) in [6.45, 7) is 2.67. The van der Waals surface area contributed by atoms with Gasteiger partial charge in [-0.3, -0.25) is 0 Å². The van der Waals surface area contributed by atoms with Crippen molar-refractivity contribution in [3.8, 4) is 0 Å². The highest BCUT2D eigenvalue weighted by atomic mass is 16.7. The Hall–Kier alpha value is -1.50. The Labute approximate surface area is 346 Å². The number of benzene rings is 1. The van der Waals surface area contributed by atoms with Gasteiger partial charge in [0.25, 0.3) is 0 Å². The summed E-state index contributed by atoms with van der Waals surface area (Å²) in [5, 5.41) is 146. The van der Waals surface area contributed by atoms with Crippen molar-refractivity contribution in [2.45, 2.75) is 201 Å². The monoisotopic (exact) mass is 854 g/mol. The Morgan fingerprint density at radius 1 is 0.424 bits per heavy atom. The second kappa shape index (κ2) is 26.2. The van der Waals surface area contributed by atoms with Crippen molar-refractivity contribution >= 4 is 0 Å². The molecule has 1 aromatic carbocycles. The number of unbranched alkanes of at least 4 members (excludes halogenated alkanes) is 11. The minimum atomic E-state index is -2.16. The smallest absolute Gasteiger partial charge is 0.222 e. The Kier molecular flexibility index (Phi) is 23.8. The molecule has 0 radical (unpaired) electrons. The third-order valence-corrected chi connectivity index (χ3v) is 11.3. The summed E-state index contributed by atoms with van der Waals surface area (Å²) in [4.78, 5) is 0. The molecule has 0 aliphatic carbocycles. The third-order valence-electron chi connectivity index (χ3n) is 11.3. The summed E-state index contributed by atoms with van der Waals surface area (Å²) < 4.78 is 15.5. The largest absolute Gasteiger partial charge is 0.394 e. The highest BCUT2D eigenvalue weighted by Crippen LogP contribution is 2.37. The van der Waals surface area contributed by atoms with E-state index in [1.54, 1.807) is 18.2 Å². The van der Waals surface area contributed by atoms with Gasteiger partial charge in [-0.2, -0.15) is 0 Å². The fourth-order valence-corrected chi connectivity index (χ4v) is 7.42. The van der Waals surface area contributed by atoms with Gasteiger partial charge in [-0.1, -0.05) is 115 Å². The topological polar surface area (TPSA) is 331 Å². The summed E-state index contributed by atoms with van der Waals surface area (Å²) in [5.74, 6) is -5.97. The fourth-order valence-electron chi connectivity index (χ4n) is 7.42. The number of hydrogen-bond acceptors (Lipinski definition) is 18. The average molecular weight is 855 g/mol. The molecule has 3 fully saturated rings. The molecule has 3 heterocycles. The van der Waals surface area contributed by atoms with Crippen LogP contribution >= 0.6 is 0 Å². The van der Waals surface area contributed by atoms with Crippen molar-refractivity contribution in [2.24, 2.45) is 0 Å². The molecule has 15 atom stereocenters. The van der Waals surface area contributed by atoms with Crippen molar-refractivity contribution in [1.29, 1.82) is 0 Å². The molecule has 15 N–H and O–H groups in total. The normalized spacial score (nSPS) is 38.5. The van der Waals surface area contributed by atoms with Crippen LogP contribution in [0.5, 0.6) is 0 Å². The summed E-state index contributed by atoms with van der Waals surface area (Å²) in [5.41, 5.74) is 0.238. The van der Waals surface area contributed by atoms with Gasteiger partial charge in [0.1, 0.15) is 73.2 Å². The number of aliphatic hydroxyl groups is 15. The van der Waals surface area contributed by atoms with Crippen LogP contribution in [-0.2, 0) is 20.0 Å². The Balaban J connectivity index is 0.000000306. The standard InChI is InChI=1S/C15H30O6.C14H28O6.C12H16O6/c1-2-3-4-5-6-7-8-9-15(20)14(19)13(18)12(17)11(10-16)21-15;1-2-3-4-5-6-7-8-14(19)13(18)12(17)11(16)10(9-15)20-14;13-6-8-9(14)10(15)11(16)12(17,18-8)7-4-2-1-3-5-7/h11-14,16-20H,2-10H2,1H3;10-13,15-19H,2-9H2,1H3;1-5,8-11,13-17H,6H2/t11-,12-,13+,14-,15-;10-,11-,12+,13-,14?;8-,9-,10+,11-,12+/m111/s1. The molecule has 4 rings (SSSR count). The fraction of sp³-hybridized carbons (Fsp3) is 0.854. The van der Waals surface area contributed by atoms with E-state index in [4.69, 9.17) is 29.5 Å². The second-order valence-corrected chi connectivity index (χ2v) is 15.9. The number of hydrogen-bond donors (Lipinski definition) is 15. The van der Waals surface area contributed by atoms with Crippen LogP contribution in [0.4, 0.5) is 0 Å². The highest BCUT2D eigenvalue weighted by Gasteiger charge is 2.54. The van der Waals surface area contributed by atoms with Gasteiger partial charge < -0.3 is 90.8 Å². The maximum Gasteiger partial charge on any atom is 0.222 e. The van der Waals surface area contributed by atoms with E-state index in [-0.39, 0.29) is 18.4 Å². The predicted molar refractivity (Wildman–Crippen MR) is 211 cm³/mol. The molecule has 18 nitrogen and oxygen atoms in total. The molecule has 0 saturated carbocycles. The first-order valence-corrected chi connectivity index (χ1v) is 21.1. The first-order chi connectivity index (χ1) is 27.9. The van der Waals surface area contributed by atoms with Gasteiger partial charge in [0, 0.05) is 18.4 Å². The summed E-state index contributed by atoms with van der Waals surface area (Å²) in [6, 6.07) is 8.02. The molecule has 3 saturated heterocycles. The maximum absolute atomic E-state index is 10.3. The van der Waals surface area contributed by atoms with Crippen LogP contribution in [0, 0.1) is 0 Å². The first kappa shape index (κ1) is 53.6. The lowest BCUT2D eigenvalue weighted by atomic mass is 9.88. The van der Waals surface area contributed by atoms with Crippen molar-refractivity contribution in [3.05, 3.63) is 35.9 Å². The van der Waals surface area contributed by atoms with Crippen molar-refractivity contribution in [3.63, 3.8) is 0 Å². The lowest BCUT2D eigenvalue weighted by Gasteiger charge is -2.45. The van der Waals surface area contributed by atoms with E-state index in [0.29, 0.717) is 12.8 Å². The van der Waals surface area contributed by atoms with Gasteiger partial charge in [0.2, 0.25) is 5.79 Å². The van der Waals surface area contributed by atoms with Crippen molar-refractivity contribution in [2.75, 3.05) is 19.8 Å². The molecule has 0 amide bonds. The maximum atomic E-state index is 10.3. The lowest BCUT2D eigenvalue weighted by molar-refractivity contribution is -0.357. The highest BCUT2D eigenvalue weighted by molar-refractivity contribution is 5.23. The quantitative estimate of drug-likeness (QED) is 0.0704. The first-order valence-electron chi connectivity index (χ1n) is 21.1. The van der Waals surface area contributed by atoms with Crippen molar-refractivity contribution in [1.82, 2.24) is 0 Å². The zero-order valence-electron chi connectivity index (χ0n) is 34.5. The summed E-state index contributed by atoms with van der Waals surface area (Å²) >= 11 is 0. The molecule has 1 aromatic rings. The minimum absolute atomic E-state index is 0.167. The Bertz CT molecular complexity index is 1250. The molecule has 18 heteroatoms. The molecular formula is C41H74O18. The van der Waals surface area contributed by atoms with E-state index in [9.17, 15) is 61.3 Å². The van der Waals surface area contributed by atoms with E-state index in [2.05, 4.69) is 13.8 Å². The van der Waals surface area contributed by atoms with E-state index in [1.165, 1.54) is 37.8 Å². The van der Waals surface area contributed by atoms with E-state index in [1.807, 2.05) is 0 Å². The molecule has 0 bridgehead atoms. The average Bonchev–Trinajstić information content (AvgIpc) is 3.24. The van der Waals surface area contributed by atoms with Gasteiger partial charge in [-0.15, -0.1) is 0 Å². The Morgan fingerprint density at radius 2 is 0.746 bits per heavy atom. The van der Waals surface area contributed by atoms with E-state index >= 15 is 0 Å². The molecule has 0 spiro atoms. The van der Waals surface area contributed by atoms with E-state index in [0.717, 1.165) is 44.9 Å². The molecule has 3 aliphatic rings. The molecule has 0 aromatic heterocycles. The van der Waals surface area contributed by atoms with Crippen LogP contribution in [0.3, 0.4) is 0 Å². The van der Waals surface area contributed by atoms with Gasteiger partial charge in [0.15, 0.2) is 11.6 Å². The van der Waals surface area contributed by atoms with Crippen LogP contribution in [0.2, 0.25) is 0 Å². The molecule has 3 aliphatic heterocycles. The van der Waals surface area contributed by atoms with Gasteiger partial charge in [0.05, 0.1) is 19.8 Å². The lowest BCUT2D eigenvalue weighted by Crippen LogP contribution is -2.65. The molecule has 346 valence electrons. The zero-order chi connectivity index (χ0) is 44.4. The Morgan fingerprint density at radius 3 is 1.10 bits per heavy atom. The van der Waals surface area contributed by atoms with Crippen molar-refractivity contribution < 1.29 is 90.8 Å². The minimum Gasteiger partial charge on any atom is -0.394 e. The molecule has 1 unspecified atom stereocenters. The van der Waals surface area contributed by atoms with Gasteiger partial charge >= 0.3 is 0 Å². The number of ether oxygens (including phenoxy) is 3. The predicted octanol–water partition coefficient (Wildman–Crippen LogP) is -1.51. The second-order valence-electron chi connectivity index (χ2n) is 15.9. The number of rotatable bonds is 19. The summed E-state index contributed by atoms with van der Waals surface area (Å²) in [7, 11) is 0. The van der Waals surface area contributed by atoms with E-state index < -0.39 is 110 Å². The third kappa shape index (κ3) is 14.8. The van der Waals surface area contributed by atoms with Crippen LogP contribution in [0.1, 0.15) is 116 Å². The van der Waals surface area contributed by atoms with Crippen LogP contribution < -0.4 is 0 Å². The molecular weight excluding hydrogens is 780 g/mol. The van der Waals surface area contributed by atoms with Crippen LogP contribution in [-0.4, -0.2) is 181 Å². The SMILES string of the molecule is CCCCCCCCC1(O)O[C@H](CO)[C@@H](O)[C@H](O)[C@H]1O.CCCCCCCCC[C@@]1(O)O[C@H](CO)[C@@H](O)[C@H](O)[C@H]1O.OC[C@H]1O[C@@](O)(c2ccccc2)[C@H](O)[C@@H](O)[C@@H]1O.